The van der Waals surface area contributed by atoms with E-state index in [1.807, 2.05) is 25.1 Å². The summed E-state index contributed by atoms with van der Waals surface area (Å²) in [6.07, 6.45) is 4.25. The van der Waals surface area contributed by atoms with Gasteiger partial charge in [-0.05, 0) is 55.7 Å². The van der Waals surface area contributed by atoms with Crippen molar-refractivity contribution >= 4 is 11.9 Å². The topological polar surface area (TPSA) is 92.8 Å². The highest BCUT2D eigenvalue weighted by atomic mass is 16.5. The summed E-state index contributed by atoms with van der Waals surface area (Å²) in [6.45, 7) is 6.75. The fourth-order valence-electron chi connectivity index (χ4n) is 4.32. The van der Waals surface area contributed by atoms with E-state index in [2.05, 4.69) is 0 Å². The normalized spacial score (nSPS) is 13.2. The SMILES string of the molecule is CCCOc1ccc(C2C(C(=O)OCC)=CN(Cc3ccc(OC)c(OC)c3)C=C2C(=O)OCC)cc1OC. The van der Waals surface area contributed by atoms with Gasteiger partial charge < -0.3 is 33.3 Å². The largest absolute Gasteiger partial charge is 0.493 e. The van der Waals surface area contributed by atoms with E-state index >= 15 is 0 Å². The second kappa shape index (κ2) is 14.1. The molecule has 0 amide bonds. The van der Waals surface area contributed by atoms with E-state index in [1.54, 1.807) is 70.7 Å². The fraction of sp³-hybridized carbons (Fsp3) is 0.400. The molecule has 0 aliphatic carbocycles. The first-order valence-corrected chi connectivity index (χ1v) is 13.0. The predicted molar refractivity (Wildman–Crippen MR) is 146 cm³/mol. The molecule has 0 atom stereocenters. The van der Waals surface area contributed by atoms with Gasteiger partial charge in [-0.3, -0.25) is 0 Å². The third-order valence-electron chi connectivity index (χ3n) is 6.05. The molecular weight excluding hydrogens is 502 g/mol. The van der Waals surface area contributed by atoms with E-state index in [9.17, 15) is 9.59 Å². The van der Waals surface area contributed by atoms with E-state index < -0.39 is 17.9 Å². The van der Waals surface area contributed by atoms with Gasteiger partial charge in [0.1, 0.15) is 0 Å². The van der Waals surface area contributed by atoms with Crippen LogP contribution in [0.1, 0.15) is 44.2 Å². The van der Waals surface area contributed by atoms with Crippen LogP contribution in [-0.4, -0.2) is 58.0 Å². The zero-order valence-electron chi connectivity index (χ0n) is 23.4. The highest BCUT2D eigenvalue weighted by Crippen LogP contribution is 2.41. The van der Waals surface area contributed by atoms with Crippen LogP contribution < -0.4 is 18.9 Å². The molecule has 2 aromatic carbocycles. The van der Waals surface area contributed by atoms with E-state index in [4.69, 9.17) is 28.4 Å². The van der Waals surface area contributed by atoms with Crippen LogP contribution in [0.5, 0.6) is 23.0 Å². The van der Waals surface area contributed by atoms with Crippen molar-refractivity contribution < 1.29 is 38.0 Å². The second-order valence-electron chi connectivity index (χ2n) is 8.66. The lowest BCUT2D eigenvalue weighted by Crippen LogP contribution is -2.29. The molecule has 9 nitrogen and oxygen atoms in total. The Balaban J connectivity index is 2.10. The third kappa shape index (κ3) is 7.04. The van der Waals surface area contributed by atoms with Crippen molar-refractivity contribution in [3.63, 3.8) is 0 Å². The van der Waals surface area contributed by atoms with Gasteiger partial charge in [0.25, 0.3) is 0 Å². The number of rotatable bonds is 13. The minimum absolute atomic E-state index is 0.185. The molecule has 0 saturated carbocycles. The molecule has 39 heavy (non-hydrogen) atoms. The number of carbonyl (C=O) groups is 2. The monoisotopic (exact) mass is 539 g/mol. The second-order valence-corrected chi connectivity index (χ2v) is 8.66. The summed E-state index contributed by atoms with van der Waals surface area (Å²) in [5.74, 6) is 0.466. The summed E-state index contributed by atoms with van der Waals surface area (Å²) in [6, 6.07) is 10.9. The number of ether oxygens (including phenoxy) is 6. The molecule has 3 rings (SSSR count). The number of hydrogen-bond donors (Lipinski definition) is 0. The quantitative estimate of drug-likeness (QED) is 0.326. The van der Waals surface area contributed by atoms with Crippen LogP contribution in [0.2, 0.25) is 0 Å². The van der Waals surface area contributed by atoms with Gasteiger partial charge in [-0.15, -0.1) is 0 Å². The van der Waals surface area contributed by atoms with Crippen LogP contribution in [0, 0.1) is 0 Å². The lowest BCUT2D eigenvalue weighted by molar-refractivity contribution is -0.139. The zero-order chi connectivity index (χ0) is 28.4. The van der Waals surface area contributed by atoms with Crippen molar-refractivity contribution in [1.29, 1.82) is 0 Å². The summed E-state index contributed by atoms with van der Waals surface area (Å²) in [5.41, 5.74) is 2.14. The average Bonchev–Trinajstić information content (AvgIpc) is 2.95. The minimum Gasteiger partial charge on any atom is -0.493 e. The van der Waals surface area contributed by atoms with Crippen molar-refractivity contribution in [1.82, 2.24) is 4.90 Å². The number of benzene rings is 2. The number of hydrogen-bond acceptors (Lipinski definition) is 9. The molecule has 0 fully saturated rings. The summed E-state index contributed by atoms with van der Waals surface area (Å²) in [5, 5.41) is 0. The molecule has 0 bridgehead atoms. The van der Waals surface area contributed by atoms with E-state index in [0.29, 0.717) is 52.9 Å². The lowest BCUT2D eigenvalue weighted by atomic mass is 9.83. The van der Waals surface area contributed by atoms with Crippen molar-refractivity contribution in [3.8, 4) is 23.0 Å². The van der Waals surface area contributed by atoms with Gasteiger partial charge in [0.05, 0.1) is 58.2 Å². The highest BCUT2D eigenvalue weighted by molar-refractivity contribution is 5.98. The molecule has 1 aliphatic rings. The Morgan fingerprint density at radius 3 is 1.85 bits per heavy atom. The summed E-state index contributed by atoms with van der Waals surface area (Å²) < 4.78 is 33.0. The minimum atomic E-state index is -0.737. The number of methoxy groups -OCH3 is 3. The third-order valence-corrected chi connectivity index (χ3v) is 6.05. The lowest BCUT2D eigenvalue weighted by Gasteiger charge is -2.31. The van der Waals surface area contributed by atoms with E-state index in [1.165, 1.54) is 0 Å². The first-order valence-electron chi connectivity index (χ1n) is 13.0. The molecule has 0 N–H and O–H groups in total. The van der Waals surface area contributed by atoms with Crippen LogP contribution in [0.15, 0.2) is 59.9 Å². The molecule has 1 aliphatic heterocycles. The van der Waals surface area contributed by atoms with Crippen LogP contribution in [-0.2, 0) is 25.6 Å². The van der Waals surface area contributed by atoms with E-state index in [-0.39, 0.29) is 13.2 Å². The molecule has 1 heterocycles. The Kier molecular flexibility index (Phi) is 10.7. The van der Waals surface area contributed by atoms with Crippen LogP contribution >= 0.6 is 0 Å². The van der Waals surface area contributed by atoms with Gasteiger partial charge in [0.2, 0.25) is 0 Å². The van der Waals surface area contributed by atoms with Gasteiger partial charge in [-0.2, -0.15) is 0 Å². The number of esters is 2. The maximum atomic E-state index is 13.3. The molecule has 9 heteroatoms. The summed E-state index contributed by atoms with van der Waals surface area (Å²) in [7, 11) is 4.69. The Labute approximate surface area is 229 Å². The van der Waals surface area contributed by atoms with Gasteiger partial charge in [0.15, 0.2) is 23.0 Å². The van der Waals surface area contributed by atoms with Crippen LogP contribution in [0.25, 0.3) is 0 Å². The summed E-state index contributed by atoms with van der Waals surface area (Å²) in [4.78, 5) is 28.3. The van der Waals surface area contributed by atoms with Crippen molar-refractivity contribution in [3.05, 3.63) is 71.1 Å². The highest BCUT2D eigenvalue weighted by Gasteiger charge is 2.36. The van der Waals surface area contributed by atoms with Gasteiger partial charge >= 0.3 is 11.9 Å². The number of nitrogens with zero attached hydrogens (tertiary/aromatic N) is 1. The van der Waals surface area contributed by atoms with Crippen molar-refractivity contribution in [2.45, 2.75) is 39.7 Å². The Morgan fingerprint density at radius 2 is 1.31 bits per heavy atom. The molecule has 0 saturated heterocycles. The first kappa shape index (κ1) is 29.4. The number of carbonyl (C=O) groups excluding carboxylic acids is 2. The van der Waals surface area contributed by atoms with Crippen molar-refractivity contribution in [2.75, 3.05) is 41.2 Å². The predicted octanol–water partition coefficient (Wildman–Crippen LogP) is 4.99. The molecule has 0 aromatic heterocycles. The van der Waals surface area contributed by atoms with Gasteiger partial charge in [0, 0.05) is 18.9 Å². The standard InChI is InChI=1S/C30H37NO8/c1-7-14-39-25-13-11-21(16-27(25)36-6)28-22(29(32)37-8-2)18-31(19-23(28)30(33)38-9-3)17-20-10-12-24(34-4)26(15-20)35-5/h10-13,15-16,18-19,28H,7-9,14,17H2,1-6H3. The Bertz CT molecular complexity index is 1180. The maximum absolute atomic E-state index is 13.3. The maximum Gasteiger partial charge on any atom is 0.336 e. The Hall–Kier alpha value is -4.14. The fourth-order valence-corrected chi connectivity index (χ4v) is 4.32. The average molecular weight is 540 g/mol. The van der Waals surface area contributed by atoms with E-state index in [0.717, 1.165) is 12.0 Å². The van der Waals surface area contributed by atoms with Gasteiger partial charge in [-0.1, -0.05) is 19.1 Å². The van der Waals surface area contributed by atoms with Gasteiger partial charge in [-0.25, -0.2) is 9.59 Å². The van der Waals surface area contributed by atoms with Crippen molar-refractivity contribution in [2.24, 2.45) is 0 Å². The first-order chi connectivity index (χ1) is 18.9. The Morgan fingerprint density at radius 1 is 0.744 bits per heavy atom. The molecule has 210 valence electrons. The summed E-state index contributed by atoms with van der Waals surface area (Å²) >= 11 is 0. The van der Waals surface area contributed by atoms with Crippen LogP contribution in [0.3, 0.4) is 0 Å². The smallest absolute Gasteiger partial charge is 0.336 e. The molecule has 0 radical (unpaired) electrons. The molecule has 2 aromatic rings. The molecule has 0 unspecified atom stereocenters. The zero-order valence-corrected chi connectivity index (χ0v) is 23.4. The molecule has 0 spiro atoms. The van der Waals surface area contributed by atoms with Crippen LogP contribution in [0.4, 0.5) is 0 Å². The molecular formula is C30H37NO8.